The lowest BCUT2D eigenvalue weighted by Gasteiger charge is -2.32. The fourth-order valence-corrected chi connectivity index (χ4v) is 4.51. The van der Waals surface area contributed by atoms with Gasteiger partial charge in [-0.05, 0) is 50.9 Å². The maximum absolute atomic E-state index is 12.8. The molecule has 220 valence electrons. The van der Waals surface area contributed by atoms with Crippen LogP contribution in [0.2, 0.25) is 0 Å². The number of alkyl halides is 3. The molecule has 0 radical (unpaired) electrons. The third-order valence-electron chi connectivity index (χ3n) is 6.21. The molecule has 7 nitrogen and oxygen atoms in total. The van der Waals surface area contributed by atoms with Gasteiger partial charge in [0.1, 0.15) is 6.33 Å². The minimum absolute atomic E-state index is 0.120. The first-order valence-electron chi connectivity index (χ1n) is 13.8. The summed E-state index contributed by atoms with van der Waals surface area (Å²) in [5, 5.41) is 0. The Morgan fingerprint density at radius 1 is 0.975 bits per heavy atom. The highest BCUT2D eigenvalue weighted by Gasteiger charge is 2.34. The zero-order chi connectivity index (χ0) is 29.5. The number of benzene rings is 1. The second-order valence-electron chi connectivity index (χ2n) is 9.00. The molecule has 1 fully saturated rings. The fraction of sp³-hybridized carbons (Fsp3) is 0.517. The van der Waals surface area contributed by atoms with E-state index in [0.717, 1.165) is 69.1 Å². The summed E-state index contributed by atoms with van der Waals surface area (Å²) in [7, 11) is 2.01. The van der Waals surface area contributed by atoms with Crippen LogP contribution in [0.3, 0.4) is 0 Å². The molecular formula is C29H42F3N7S. The number of rotatable bonds is 8. The number of aromatic nitrogens is 4. The summed E-state index contributed by atoms with van der Waals surface area (Å²) in [4.78, 5) is 24.6. The van der Waals surface area contributed by atoms with Crippen LogP contribution >= 0.6 is 11.8 Å². The number of nitrogens with zero attached hydrogens (tertiary/aromatic N) is 7. The van der Waals surface area contributed by atoms with Crippen LogP contribution in [-0.2, 0) is 12.7 Å². The Kier molecular flexibility index (Phi) is 14.3. The van der Waals surface area contributed by atoms with Crippen LogP contribution < -0.4 is 4.90 Å². The van der Waals surface area contributed by atoms with Gasteiger partial charge in [-0.15, -0.1) is 11.8 Å². The molecule has 3 aromatic rings. The standard InChI is InChI=1S/C15H20N4S.C12H16F3N3.C2H6/c1-4-9-19(5-2)15-17-11-16-14(18-15)12-7-6-8-13(10-12)20-3;1-17-5-7-18(8-6-17)9-11-10(12(13,14)15)3-2-4-16-11;1-2/h6-8,10-11H,4-5,9H2,1-3H3;2-4H,5-9H2,1H3;1-2H3. The summed E-state index contributed by atoms with van der Waals surface area (Å²) < 4.78 is 38.4. The normalized spacial score (nSPS) is 14.0. The largest absolute Gasteiger partial charge is 0.418 e. The highest BCUT2D eigenvalue weighted by Crippen LogP contribution is 2.31. The van der Waals surface area contributed by atoms with Crippen LogP contribution in [0, 0.1) is 0 Å². The minimum Gasteiger partial charge on any atom is -0.341 e. The van der Waals surface area contributed by atoms with E-state index in [0.29, 0.717) is 0 Å². The second-order valence-corrected chi connectivity index (χ2v) is 9.88. The zero-order valence-corrected chi connectivity index (χ0v) is 25.3. The lowest BCUT2D eigenvalue weighted by atomic mass is 10.1. The van der Waals surface area contributed by atoms with Crippen molar-refractivity contribution >= 4 is 17.7 Å². The minimum atomic E-state index is -4.32. The maximum atomic E-state index is 12.8. The first-order valence-corrected chi connectivity index (χ1v) is 15.0. The molecule has 0 aliphatic carbocycles. The summed E-state index contributed by atoms with van der Waals surface area (Å²) in [6.07, 6.45) is 1.84. The Bertz CT molecular complexity index is 1140. The van der Waals surface area contributed by atoms with Crippen molar-refractivity contribution in [1.29, 1.82) is 0 Å². The van der Waals surface area contributed by atoms with E-state index in [4.69, 9.17) is 0 Å². The monoisotopic (exact) mass is 577 g/mol. The van der Waals surface area contributed by atoms with Crippen LogP contribution in [0.15, 0.2) is 53.8 Å². The predicted octanol–water partition coefficient (Wildman–Crippen LogP) is 6.37. The molecule has 1 aromatic carbocycles. The molecule has 4 rings (SSSR count). The van der Waals surface area contributed by atoms with Crippen LogP contribution in [0.25, 0.3) is 11.4 Å². The van der Waals surface area contributed by atoms with Crippen molar-refractivity contribution in [3.8, 4) is 11.4 Å². The van der Waals surface area contributed by atoms with Crippen LogP contribution in [0.4, 0.5) is 19.1 Å². The van der Waals surface area contributed by atoms with Crippen molar-refractivity contribution in [2.75, 3.05) is 57.5 Å². The second kappa shape index (κ2) is 17.1. The third kappa shape index (κ3) is 10.3. The van der Waals surface area contributed by atoms with Crippen molar-refractivity contribution in [3.05, 3.63) is 60.2 Å². The molecule has 0 amide bonds. The first-order chi connectivity index (χ1) is 19.2. The van der Waals surface area contributed by atoms with Gasteiger partial charge in [-0.3, -0.25) is 9.88 Å². The predicted molar refractivity (Wildman–Crippen MR) is 159 cm³/mol. The number of piperazine rings is 1. The molecule has 11 heteroatoms. The molecule has 0 N–H and O–H groups in total. The smallest absolute Gasteiger partial charge is 0.341 e. The lowest BCUT2D eigenvalue weighted by molar-refractivity contribution is -0.138. The molecule has 1 saturated heterocycles. The van der Waals surface area contributed by atoms with Crippen LogP contribution in [-0.4, -0.2) is 82.3 Å². The van der Waals surface area contributed by atoms with Gasteiger partial charge in [0, 0.05) is 62.5 Å². The highest BCUT2D eigenvalue weighted by molar-refractivity contribution is 7.98. The summed E-state index contributed by atoms with van der Waals surface area (Å²) in [6.45, 7) is 13.7. The van der Waals surface area contributed by atoms with E-state index in [2.05, 4.69) is 62.0 Å². The Morgan fingerprint density at radius 2 is 1.70 bits per heavy atom. The quantitative estimate of drug-likeness (QED) is 0.286. The third-order valence-corrected chi connectivity index (χ3v) is 6.94. The summed E-state index contributed by atoms with van der Waals surface area (Å²) >= 11 is 1.72. The Hall–Kier alpha value is -2.76. The van der Waals surface area contributed by atoms with Crippen LogP contribution in [0.1, 0.15) is 45.4 Å². The van der Waals surface area contributed by atoms with Crippen molar-refractivity contribution in [1.82, 2.24) is 29.7 Å². The zero-order valence-electron chi connectivity index (χ0n) is 24.4. The fourth-order valence-electron chi connectivity index (χ4n) is 4.05. The Labute approximate surface area is 241 Å². The average molecular weight is 578 g/mol. The van der Waals surface area contributed by atoms with Crippen molar-refractivity contribution in [3.63, 3.8) is 0 Å². The SMILES string of the molecule is CC.CCCN(CC)c1ncnc(-c2cccc(SC)c2)n1.CN1CCN(Cc2ncccc2C(F)(F)F)CC1. The van der Waals surface area contributed by atoms with Crippen molar-refractivity contribution in [2.45, 2.75) is 51.7 Å². The number of hydrogen-bond acceptors (Lipinski definition) is 8. The maximum Gasteiger partial charge on any atom is 0.418 e. The highest BCUT2D eigenvalue weighted by atomic mass is 32.2. The van der Waals surface area contributed by atoms with Crippen molar-refractivity contribution < 1.29 is 13.2 Å². The van der Waals surface area contributed by atoms with E-state index in [-0.39, 0.29) is 12.2 Å². The molecule has 2 aromatic heterocycles. The molecule has 0 unspecified atom stereocenters. The van der Waals surface area contributed by atoms with Gasteiger partial charge in [0.15, 0.2) is 5.82 Å². The van der Waals surface area contributed by atoms with Gasteiger partial charge in [-0.2, -0.15) is 18.2 Å². The van der Waals surface area contributed by atoms with Gasteiger partial charge >= 0.3 is 6.18 Å². The molecule has 1 aliphatic heterocycles. The van der Waals surface area contributed by atoms with Gasteiger partial charge in [-0.1, -0.05) is 32.9 Å². The van der Waals surface area contributed by atoms with E-state index in [1.165, 1.54) is 17.2 Å². The Balaban J connectivity index is 0.000000265. The summed E-state index contributed by atoms with van der Waals surface area (Å²) in [5.41, 5.74) is 0.534. The van der Waals surface area contributed by atoms with Crippen molar-refractivity contribution in [2.24, 2.45) is 0 Å². The first kappa shape index (κ1) is 33.4. The van der Waals surface area contributed by atoms with E-state index >= 15 is 0 Å². The number of anilines is 1. The number of likely N-dealkylation sites (N-methyl/N-ethyl adjacent to an activating group) is 1. The summed E-state index contributed by atoms with van der Waals surface area (Å²) in [6, 6.07) is 10.7. The topological polar surface area (TPSA) is 61.3 Å². The van der Waals surface area contributed by atoms with E-state index in [1.807, 2.05) is 37.9 Å². The van der Waals surface area contributed by atoms with Gasteiger partial charge < -0.3 is 9.80 Å². The molecule has 1 aliphatic rings. The molecule has 40 heavy (non-hydrogen) atoms. The van der Waals surface area contributed by atoms with Gasteiger partial charge in [0.05, 0.1) is 11.3 Å². The number of hydrogen-bond donors (Lipinski definition) is 0. The number of halogens is 3. The lowest BCUT2D eigenvalue weighted by Crippen LogP contribution is -2.44. The van der Waals surface area contributed by atoms with Crippen LogP contribution in [0.5, 0.6) is 0 Å². The molecular weight excluding hydrogens is 535 g/mol. The van der Waals surface area contributed by atoms with Gasteiger partial charge in [-0.25, -0.2) is 9.97 Å². The van der Waals surface area contributed by atoms with E-state index in [1.54, 1.807) is 18.1 Å². The van der Waals surface area contributed by atoms with Gasteiger partial charge in [0.25, 0.3) is 0 Å². The van der Waals surface area contributed by atoms with Gasteiger partial charge in [0.2, 0.25) is 5.95 Å². The molecule has 0 bridgehead atoms. The van der Waals surface area contributed by atoms with E-state index in [9.17, 15) is 13.2 Å². The Morgan fingerprint density at radius 3 is 2.33 bits per heavy atom. The molecule has 0 atom stereocenters. The molecule has 0 saturated carbocycles. The van der Waals surface area contributed by atoms with E-state index < -0.39 is 11.7 Å². The number of thioether (sulfide) groups is 1. The molecule has 3 heterocycles. The summed E-state index contributed by atoms with van der Waals surface area (Å²) in [5.74, 6) is 1.49. The molecule has 0 spiro atoms. The number of pyridine rings is 1. The average Bonchev–Trinajstić information content (AvgIpc) is 2.98.